The normalized spacial score (nSPS) is 11.2. The number of benzene rings is 1. The van der Waals surface area contributed by atoms with Gasteiger partial charge < -0.3 is 15.2 Å². The average molecular weight is 344 g/mol. The lowest BCUT2D eigenvalue weighted by molar-refractivity contribution is -0.137. The van der Waals surface area contributed by atoms with Crippen molar-refractivity contribution in [2.45, 2.75) is 6.18 Å². The second-order valence-corrected chi connectivity index (χ2v) is 4.64. The molecule has 1 aromatic heterocycles. The van der Waals surface area contributed by atoms with Crippen molar-refractivity contribution in [3.63, 3.8) is 0 Å². The van der Waals surface area contributed by atoms with Crippen LogP contribution in [-0.2, 0) is 10.9 Å². The van der Waals surface area contributed by atoms with Gasteiger partial charge in [0.2, 0.25) is 0 Å². The number of nitrogen functional groups attached to an aromatic ring is 1. The maximum atomic E-state index is 14.4. The summed E-state index contributed by atoms with van der Waals surface area (Å²) in [7, 11) is 2.25. The SMILES string of the molecule is COC(=O)c1nc(-c2ccc(C(F)(F)F)cc2)c(F)c(N)c1OC. The second-order valence-electron chi connectivity index (χ2n) is 4.64. The summed E-state index contributed by atoms with van der Waals surface area (Å²) in [6.07, 6.45) is -4.53. The van der Waals surface area contributed by atoms with E-state index in [-0.39, 0.29) is 22.7 Å². The molecule has 2 rings (SSSR count). The summed E-state index contributed by atoms with van der Waals surface area (Å²) in [5.41, 5.74) is 3.44. The van der Waals surface area contributed by atoms with Crippen molar-refractivity contribution in [2.75, 3.05) is 20.0 Å². The third-order valence-corrected chi connectivity index (χ3v) is 3.20. The summed E-state index contributed by atoms with van der Waals surface area (Å²) in [4.78, 5) is 15.5. The van der Waals surface area contributed by atoms with Crippen molar-refractivity contribution >= 4 is 11.7 Å². The van der Waals surface area contributed by atoms with E-state index in [0.717, 1.165) is 38.5 Å². The van der Waals surface area contributed by atoms with E-state index < -0.39 is 29.2 Å². The summed E-state index contributed by atoms with van der Waals surface area (Å²) in [5.74, 6) is -2.25. The second kappa shape index (κ2) is 6.34. The Bertz CT molecular complexity index is 774. The first-order chi connectivity index (χ1) is 11.2. The Morgan fingerprint density at radius 2 is 1.75 bits per heavy atom. The van der Waals surface area contributed by atoms with Gasteiger partial charge in [-0.15, -0.1) is 0 Å². The fourth-order valence-corrected chi connectivity index (χ4v) is 2.02. The van der Waals surface area contributed by atoms with E-state index >= 15 is 0 Å². The largest absolute Gasteiger partial charge is 0.492 e. The number of hydrogen-bond donors (Lipinski definition) is 1. The zero-order valence-electron chi connectivity index (χ0n) is 12.6. The van der Waals surface area contributed by atoms with Gasteiger partial charge in [0.05, 0.1) is 19.8 Å². The van der Waals surface area contributed by atoms with Crippen LogP contribution in [0.5, 0.6) is 5.75 Å². The minimum absolute atomic E-state index is 0.0139. The number of aromatic nitrogens is 1. The topological polar surface area (TPSA) is 74.4 Å². The number of nitrogens with zero attached hydrogens (tertiary/aromatic N) is 1. The first-order valence-electron chi connectivity index (χ1n) is 6.49. The Hall–Kier alpha value is -2.84. The van der Waals surface area contributed by atoms with Crippen LogP contribution in [0.15, 0.2) is 24.3 Å². The molecular weight excluding hydrogens is 332 g/mol. The number of ether oxygens (including phenoxy) is 2. The summed E-state index contributed by atoms with van der Waals surface area (Å²) >= 11 is 0. The highest BCUT2D eigenvalue weighted by molar-refractivity contribution is 5.93. The Labute approximate surface area is 134 Å². The molecule has 0 fully saturated rings. The average Bonchev–Trinajstić information content (AvgIpc) is 2.55. The number of pyridine rings is 1. The molecule has 128 valence electrons. The molecule has 0 radical (unpaired) electrons. The predicted molar refractivity (Wildman–Crippen MR) is 76.9 cm³/mol. The molecule has 0 spiro atoms. The highest BCUT2D eigenvalue weighted by Crippen LogP contribution is 2.35. The van der Waals surface area contributed by atoms with Gasteiger partial charge in [-0.1, -0.05) is 12.1 Å². The van der Waals surface area contributed by atoms with Crippen LogP contribution in [0, 0.1) is 5.82 Å². The third kappa shape index (κ3) is 3.10. The molecule has 0 atom stereocenters. The molecule has 0 aliphatic rings. The molecule has 1 aromatic carbocycles. The fraction of sp³-hybridized carbons (Fsp3) is 0.200. The molecule has 2 aromatic rings. The lowest BCUT2D eigenvalue weighted by Crippen LogP contribution is -2.12. The van der Waals surface area contributed by atoms with Gasteiger partial charge in [-0.3, -0.25) is 0 Å². The highest BCUT2D eigenvalue weighted by Gasteiger charge is 2.30. The number of nitrogens with two attached hydrogens (primary N) is 1. The molecule has 24 heavy (non-hydrogen) atoms. The Morgan fingerprint density at radius 1 is 1.17 bits per heavy atom. The summed E-state index contributed by atoms with van der Waals surface area (Å²) < 4.78 is 61.5. The van der Waals surface area contributed by atoms with Gasteiger partial charge in [0.1, 0.15) is 11.4 Å². The molecule has 5 nitrogen and oxygen atoms in total. The van der Waals surface area contributed by atoms with Gasteiger partial charge in [-0.2, -0.15) is 13.2 Å². The van der Waals surface area contributed by atoms with Crippen molar-refractivity contribution in [3.8, 4) is 17.0 Å². The standard InChI is InChI=1S/C15H12F4N2O3/c1-23-13-10(20)9(16)11(21-12(13)14(22)24-2)7-3-5-8(6-4-7)15(17,18)19/h3-6H,1-2H3,(H2,20,21). The maximum absolute atomic E-state index is 14.4. The van der Waals surface area contributed by atoms with E-state index in [0.29, 0.717) is 0 Å². The fourth-order valence-electron chi connectivity index (χ4n) is 2.02. The number of halogens is 4. The maximum Gasteiger partial charge on any atom is 0.416 e. The molecule has 0 saturated carbocycles. The lowest BCUT2D eigenvalue weighted by Gasteiger charge is -2.13. The lowest BCUT2D eigenvalue weighted by atomic mass is 10.1. The number of esters is 1. The van der Waals surface area contributed by atoms with Crippen molar-refractivity contribution < 1.29 is 31.8 Å². The van der Waals surface area contributed by atoms with E-state index in [1.165, 1.54) is 0 Å². The number of alkyl halides is 3. The van der Waals surface area contributed by atoms with Gasteiger partial charge in [0.25, 0.3) is 0 Å². The van der Waals surface area contributed by atoms with Gasteiger partial charge in [0, 0.05) is 5.56 Å². The smallest absolute Gasteiger partial charge is 0.416 e. The summed E-state index contributed by atoms with van der Waals surface area (Å²) in [6.45, 7) is 0. The summed E-state index contributed by atoms with van der Waals surface area (Å²) in [5, 5.41) is 0. The first kappa shape index (κ1) is 17.5. The van der Waals surface area contributed by atoms with Crippen LogP contribution in [0.2, 0.25) is 0 Å². The number of methoxy groups -OCH3 is 2. The van der Waals surface area contributed by atoms with Gasteiger partial charge in [0.15, 0.2) is 17.3 Å². The Balaban J connectivity index is 2.62. The van der Waals surface area contributed by atoms with Gasteiger partial charge in [-0.05, 0) is 12.1 Å². The Morgan fingerprint density at radius 3 is 2.21 bits per heavy atom. The van der Waals surface area contributed by atoms with Crippen LogP contribution in [0.1, 0.15) is 16.1 Å². The van der Waals surface area contributed by atoms with Gasteiger partial charge in [-0.25, -0.2) is 14.2 Å². The molecule has 0 amide bonds. The number of anilines is 1. The van der Waals surface area contributed by atoms with Crippen molar-refractivity contribution in [3.05, 3.63) is 41.3 Å². The third-order valence-electron chi connectivity index (χ3n) is 3.20. The number of carbonyl (C=O) groups is 1. The minimum Gasteiger partial charge on any atom is -0.492 e. The number of carbonyl (C=O) groups excluding carboxylic acids is 1. The minimum atomic E-state index is -4.53. The van der Waals surface area contributed by atoms with Crippen molar-refractivity contribution in [1.29, 1.82) is 0 Å². The molecule has 0 unspecified atom stereocenters. The predicted octanol–water partition coefficient (Wildman–Crippen LogP) is 3.28. The van der Waals surface area contributed by atoms with Crippen LogP contribution >= 0.6 is 0 Å². The van der Waals surface area contributed by atoms with Crippen LogP contribution in [0.4, 0.5) is 23.2 Å². The van der Waals surface area contributed by atoms with Crippen LogP contribution < -0.4 is 10.5 Å². The number of rotatable bonds is 3. The molecule has 1 heterocycles. The van der Waals surface area contributed by atoms with E-state index in [1.807, 2.05) is 0 Å². The van der Waals surface area contributed by atoms with E-state index in [4.69, 9.17) is 10.5 Å². The first-order valence-corrected chi connectivity index (χ1v) is 6.49. The molecule has 0 saturated heterocycles. The van der Waals surface area contributed by atoms with Crippen LogP contribution in [-0.4, -0.2) is 25.2 Å². The van der Waals surface area contributed by atoms with E-state index in [9.17, 15) is 22.4 Å². The van der Waals surface area contributed by atoms with E-state index in [1.54, 1.807) is 0 Å². The van der Waals surface area contributed by atoms with Crippen LogP contribution in [0.3, 0.4) is 0 Å². The molecular formula is C15H12F4N2O3. The molecule has 0 bridgehead atoms. The zero-order chi connectivity index (χ0) is 18.1. The van der Waals surface area contributed by atoms with Crippen molar-refractivity contribution in [1.82, 2.24) is 4.98 Å². The molecule has 2 N–H and O–H groups in total. The van der Waals surface area contributed by atoms with Crippen LogP contribution in [0.25, 0.3) is 11.3 Å². The zero-order valence-corrected chi connectivity index (χ0v) is 12.6. The monoisotopic (exact) mass is 344 g/mol. The molecule has 0 aliphatic heterocycles. The van der Waals surface area contributed by atoms with Crippen molar-refractivity contribution in [2.24, 2.45) is 0 Å². The van der Waals surface area contributed by atoms with E-state index in [2.05, 4.69) is 9.72 Å². The van der Waals surface area contributed by atoms with Gasteiger partial charge >= 0.3 is 12.1 Å². The quantitative estimate of drug-likeness (QED) is 0.683. The Kier molecular flexibility index (Phi) is 4.63. The summed E-state index contributed by atoms with van der Waals surface area (Å²) in [6, 6.07) is 3.60. The molecule has 9 heteroatoms. The number of hydrogen-bond acceptors (Lipinski definition) is 5. The highest BCUT2D eigenvalue weighted by atomic mass is 19.4. The molecule has 0 aliphatic carbocycles.